The van der Waals surface area contributed by atoms with E-state index < -0.39 is 0 Å². The number of aliphatic imine (C=N–C) groups is 1. The van der Waals surface area contributed by atoms with E-state index >= 15 is 0 Å². The van der Waals surface area contributed by atoms with Crippen molar-refractivity contribution in [2.75, 3.05) is 26.7 Å². The quantitative estimate of drug-likeness (QED) is 0.221. The highest BCUT2D eigenvalue weighted by molar-refractivity contribution is 14.0. The van der Waals surface area contributed by atoms with E-state index in [4.69, 9.17) is 4.74 Å². The maximum Gasteiger partial charge on any atom is 0.305 e. The third-order valence-electron chi connectivity index (χ3n) is 2.62. The molecule has 0 aliphatic heterocycles. The highest BCUT2D eigenvalue weighted by atomic mass is 127. The van der Waals surface area contributed by atoms with Crippen LogP contribution in [0.1, 0.15) is 24.6 Å². The summed E-state index contributed by atoms with van der Waals surface area (Å²) in [4.78, 5) is 16.7. The van der Waals surface area contributed by atoms with Crippen molar-refractivity contribution in [1.82, 2.24) is 10.6 Å². The number of nitrogens with one attached hydrogen (secondary N) is 2. The molecule has 5 nitrogen and oxygen atoms in total. The molecule has 1 rings (SSSR count). The number of ether oxygens (including phenoxy) is 1. The van der Waals surface area contributed by atoms with E-state index in [-0.39, 0.29) is 29.9 Å². The number of guanidine groups is 1. The normalized spacial score (nSPS) is 10.7. The number of halogens is 1. The van der Waals surface area contributed by atoms with Gasteiger partial charge in [0.1, 0.15) is 0 Å². The first-order valence-corrected chi connectivity index (χ1v) is 7.76. The number of carbonyl (C=O) groups is 1. The van der Waals surface area contributed by atoms with E-state index in [0.717, 1.165) is 25.3 Å². The van der Waals surface area contributed by atoms with Gasteiger partial charge in [0, 0.05) is 31.4 Å². The third-order valence-corrected chi connectivity index (χ3v) is 3.56. The molecule has 0 aliphatic rings. The minimum absolute atomic E-state index is 0. The van der Waals surface area contributed by atoms with Crippen LogP contribution in [0, 0.1) is 0 Å². The summed E-state index contributed by atoms with van der Waals surface area (Å²) in [6.07, 6.45) is 2.17. The topological polar surface area (TPSA) is 62.7 Å². The Kier molecular flexibility index (Phi) is 12.4. The fourth-order valence-electron chi connectivity index (χ4n) is 1.65. The third kappa shape index (κ3) is 9.67. The average Bonchev–Trinajstić information content (AvgIpc) is 2.95. The van der Waals surface area contributed by atoms with Gasteiger partial charge in [0.15, 0.2) is 5.96 Å². The van der Waals surface area contributed by atoms with Crippen LogP contribution in [-0.4, -0.2) is 38.7 Å². The Morgan fingerprint density at radius 3 is 2.76 bits per heavy atom. The number of carbonyl (C=O) groups excluding carboxylic acids is 1. The van der Waals surface area contributed by atoms with E-state index in [9.17, 15) is 4.79 Å². The molecule has 0 aromatic carbocycles. The van der Waals surface area contributed by atoms with Crippen molar-refractivity contribution in [3.63, 3.8) is 0 Å². The minimum atomic E-state index is -0.144. The van der Waals surface area contributed by atoms with E-state index in [1.165, 1.54) is 4.88 Å². The number of rotatable bonds is 8. The van der Waals surface area contributed by atoms with Gasteiger partial charge in [-0.1, -0.05) is 6.07 Å². The predicted molar refractivity (Wildman–Crippen MR) is 98.7 cm³/mol. The summed E-state index contributed by atoms with van der Waals surface area (Å²) in [5.74, 6) is 0.625. The summed E-state index contributed by atoms with van der Waals surface area (Å²) in [5, 5.41) is 8.51. The number of nitrogens with zero attached hydrogens (tertiary/aromatic N) is 1. The summed E-state index contributed by atoms with van der Waals surface area (Å²) in [5.41, 5.74) is 0. The smallest absolute Gasteiger partial charge is 0.305 e. The van der Waals surface area contributed by atoms with Gasteiger partial charge in [-0.25, -0.2) is 0 Å². The molecular weight excluding hydrogens is 401 g/mol. The molecule has 120 valence electrons. The van der Waals surface area contributed by atoms with Crippen molar-refractivity contribution < 1.29 is 9.53 Å². The zero-order valence-electron chi connectivity index (χ0n) is 12.6. The van der Waals surface area contributed by atoms with Gasteiger partial charge in [0.25, 0.3) is 0 Å². The maximum absolute atomic E-state index is 11.2. The molecule has 1 heterocycles. The molecule has 0 saturated carbocycles. The van der Waals surface area contributed by atoms with E-state index in [2.05, 4.69) is 33.1 Å². The van der Waals surface area contributed by atoms with E-state index in [0.29, 0.717) is 19.6 Å². The van der Waals surface area contributed by atoms with Crippen molar-refractivity contribution in [2.24, 2.45) is 4.99 Å². The second-order valence-corrected chi connectivity index (χ2v) is 5.20. The lowest BCUT2D eigenvalue weighted by Gasteiger charge is -2.11. The number of hydrogen-bond acceptors (Lipinski definition) is 4. The fraction of sp³-hybridized carbons (Fsp3) is 0.571. The van der Waals surface area contributed by atoms with Crippen LogP contribution in [0.4, 0.5) is 0 Å². The Bertz CT molecular complexity index is 410. The zero-order chi connectivity index (χ0) is 14.6. The summed E-state index contributed by atoms with van der Waals surface area (Å²) in [6, 6.07) is 4.18. The maximum atomic E-state index is 11.2. The van der Waals surface area contributed by atoms with E-state index in [1.807, 2.05) is 6.92 Å². The monoisotopic (exact) mass is 425 g/mol. The molecule has 2 N–H and O–H groups in total. The summed E-state index contributed by atoms with van der Waals surface area (Å²) >= 11 is 1.76. The highest BCUT2D eigenvalue weighted by Gasteiger charge is 2.02. The van der Waals surface area contributed by atoms with Gasteiger partial charge in [-0.3, -0.25) is 9.79 Å². The van der Waals surface area contributed by atoms with Gasteiger partial charge in [-0.05, 0) is 31.2 Å². The second-order valence-electron chi connectivity index (χ2n) is 4.16. The molecule has 0 bridgehead atoms. The fourth-order valence-corrected chi connectivity index (χ4v) is 2.36. The van der Waals surface area contributed by atoms with Crippen LogP contribution >= 0.6 is 35.3 Å². The van der Waals surface area contributed by atoms with Crippen LogP contribution in [0.3, 0.4) is 0 Å². The lowest BCUT2D eigenvalue weighted by atomic mass is 10.3. The first-order chi connectivity index (χ1) is 9.76. The molecule has 1 aromatic heterocycles. The number of hydrogen-bond donors (Lipinski definition) is 2. The summed E-state index contributed by atoms with van der Waals surface area (Å²) in [6.45, 7) is 3.81. The molecule has 0 saturated heterocycles. The van der Waals surface area contributed by atoms with Crippen LogP contribution in [0.2, 0.25) is 0 Å². The van der Waals surface area contributed by atoms with Gasteiger partial charge < -0.3 is 15.4 Å². The molecule has 0 amide bonds. The molecule has 0 radical (unpaired) electrons. The molecular formula is C14H24IN3O2S. The SMILES string of the molecule is CCOC(=O)CCCNC(=NC)NCCc1cccs1.I. The second kappa shape index (κ2) is 12.9. The van der Waals surface area contributed by atoms with Gasteiger partial charge in [-0.15, -0.1) is 35.3 Å². The molecule has 0 fully saturated rings. The van der Waals surface area contributed by atoms with Gasteiger partial charge in [0.05, 0.1) is 6.61 Å². The first-order valence-electron chi connectivity index (χ1n) is 6.88. The lowest BCUT2D eigenvalue weighted by Crippen LogP contribution is -2.38. The first kappa shape index (κ1) is 20.2. The Morgan fingerprint density at radius 1 is 1.38 bits per heavy atom. The van der Waals surface area contributed by atoms with Gasteiger partial charge in [-0.2, -0.15) is 0 Å². The Hall–Kier alpha value is -0.830. The standard InChI is InChI=1S/C14H23N3O2S.HI/c1-3-19-13(18)7-4-9-16-14(15-2)17-10-8-12-6-5-11-20-12;/h5-6,11H,3-4,7-10H2,1-2H3,(H2,15,16,17);1H. The Morgan fingerprint density at radius 2 is 2.14 bits per heavy atom. The summed E-state index contributed by atoms with van der Waals surface area (Å²) < 4.78 is 4.87. The van der Waals surface area contributed by atoms with Gasteiger partial charge >= 0.3 is 5.97 Å². The lowest BCUT2D eigenvalue weighted by molar-refractivity contribution is -0.143. The van der Waals surface area contributed by atoms with Crippen LogP contribution in [-0.2, 0) is 16.0 Å². The number of thiophene rings is 1. The molecule has 0 aliphatic carbocycles. The van der Waals surface area contributed by atoms with Crippen molar-refractivity contribution >= 4 is 47.2 Å². The molecule has 0 atom stereocenters. The zero-order valence-corrected chi connectivity index (χ0v) is 15.7. The molecule has 1 aromatic rings. The van der Waals surface area contributed by atoms with Crippen LogP contribution in [0.15, 0.2) is 22.5 Å². The van der Waals surface area contributed by atoms with Crippen LogP contribution in [0.5, 0.6) is 0 Å². The van der Waals surface area contributed by atoms with Gasteiger partial charge in [0.2, 0.25) is 0 Å². The van der Waals surface area contributed by atoms with Crippen molar-refractivity contribution in [1.29, 1.82) is 0 Å². The molecule has 0 spiro atoms. The number of esters is 1. The Labute approximate surface area is 147 Å². The van der Waals surface area contributed by atoms with E-state index in [1.54, 1.807) is 18.4 Å². The molecule has 7 heteroatoms. The molecule has 21 heavy (non-hydrogen) atoms. The van der Waals surface area contributed by atoms with Crippen LogP contribution in [0.25, 0.3) is 0 Å². The highest BCUT2D eigenvalue weighted by Crippen LogP contribution is 2.07. The van der Waals surface area contributed by atoms with Crippen molar-refractivity contribution in [2.45, 2.75) is 26.2 Å². The van der Waals surface area contributed by atoms with Crippen molar-refractivity contribution in [3.8, 4) is 0 Å². The summed E-state index contributed by atoms with van der Waals surface area (Å²) in [7, 11) is 1.74. The van der Waals surface area contributed by atoms with Crippen LogP contribution < -0.4 is 10.6 Å². The predicted octanol–water partition coefficient (Wildman–Crippen LogP) is 2.42. The van der Waals surface area contributed by atoms with Crippen molar-refractivity contribution in [3.05, 3.63) is 22.4 Å². The Balaban J connectivity index is 0.00000400. The molecule has 0 unspecified atom stereocenters. The average molecular weight is 425 g/mol. The largest absolute Gasteiger partial charge is 0.466 e. The minimum Gasteiger partial charge on any atom is -0.466 e.